The van der Waals surface area contributed by atoms with E-state index in [2.05, 4.69) is 75.2 Å². The van der Waals surface area contributed by atoms with Crippen molar-refractivity contribution >= 4 is 23.3 Å². The van der Waals surface area contributed by atoms with Crippen LogP contribution in [0.4, 0.5) is 0 Å². The van der Waals surface area contributed by atoms with Crippen LogP contribution in [0.2, 0.25) is 0 Å². The summed E-state index contributed by atoms with van der Waals surface area (Å²) in [5, 5.41) is 9.36. The molecule has 3 aromatic carbocycles. The molecule has 0 saturated heterocycles. The van der Waals surface area contributed by atoms with Crippen LogP contribution in [0, 0.1) is 12.3 Å². The highest BCUT2D eigenvalue weighted by Crippen LogP contribution is 2.47. The Balaban J connectivity index is 1.83. The maximum Gasteiger partial charge on any atom is 0.336 e. The van der Waals surface area contributed by atoms with Gasteiger partial charge in [-0.2, -0.15) is 0 Å². The van der Waals surface area contributed by atoms with E-state index < -0.39 is 5.97 Å². The summed E-state index contributed by atoms with van der Waals surface area (Å²) < 4.78 is -0.00689. The van der Waals surface area contributed by atoms with Gasteiger partial charge in [0, 0.05) is 15.2 Å². The molecule has 0 aliphatic carbocycles. The number of terminal acetylenes is 1. The van der Waals surface area contributed by atoms with Crippen molar-refractivity contribution in [2.75, 3.05) is 0 Å². The van der Waals surface area contributed by atoms with Crippen LogP contribution < -0.4 is 0 Å². The van der Waals surface area contributed by atoms with Crippen molar-refractivity contribution in [3.63, 3.8) is 0 Å². The van der Waals surface area contributed by atoms with E-state index in [1.807, 2.05) is 17.8 Å². The summed E-state index contributed by atoms with van der Waals surface area (Å²) in [6.07, 6.45) is 8.93. The third-order valence-corrected chi connectivity index (χ3v) is 6.77. The van der Waals surface area contributed by atoms with E-state index in [-0.39, 0.29) is 10.3 Å². The Morgan fingerprint density at radius 1 is 1.00 bits per heavy atom. The first-order valence-electron chi connectivity index (χ1n) is 10.3. The molecule has 0 aromatic heterocycles. The standard InChI is InChI=1S/C28H24O2S/c1-5-18-7-9-20(10-8-18)25-17-28(3,4)31-26-14-12-22(16-24(25)26)21-11-13-23(27(29)30)19(6-2)15-21/h2,7-17H,5H2,1,3-4H3,(H,29,30). The minimum absolute atomic E-state index is 0.00689. The molecule has 31 heavy (non-hydrogen) atoms. The van der Waals surface area contributed by atoms with Gasteiger partial charge in [-0.05, 0) is 77.9 Å². The van der Waals surface area contributed by atoms with Gasteiger partial charge < -0.3 is 5.11 Å². The third kappa shape index (κ3) is 4.17. The summed E-state index contributed by atoms with van der Waals surface area (Å²) >= 11 is 1.85. The number of benzene rings is 3. The van der Waals surface area contributed by atoms with Gasteiger partial charge in [-0.3, -0.25) is 0 Å². The summed E-state index contributed by atoms with van der Waals surface area (Å²) in [5.74, 6) is 1.50. The number of hydrogen-bond acceptors (Lipinski definition) is 2. The van der Waals surface area contributed by atoms with Gasteiger partial charge in [0.2, 0.25) is 0 Å². The number of carboxylic acids is 1. The number of carbonyl (C=O) groups is 1. The molecule has 0 fully saturated rings. The molecule has 0 atom stereocenters. The maximum absolute atomic E-state index is 11.4. The van der Waals surface area contributed by atoms with Gasteiger partial charge in [0.25, 0.3) is 0 Å². The maximum atomic E-state index is 11.4. The minimum Gasteiger partial charge on any atom is -0.478 e. The fraction of sp³-hybridized carbons (Fsp3) is 0.179. The second kappa shape index (κ2) is 8.13. The Morgan fingerprint density at radius 2 is 1.65 bits per heavy atom. The van der Waals surface area contributed by atoms with Crippen molar-refractivity contribution in [1.29, 1.82) is 0 Å². The molecule has 0 unspecified atom stereocenters. The van der Waals surface area contributed by atoms with Crippen LogP contribution in [-0.4, -0.2) is 15.8 Å². The average molecular weight is 425 g/mol. The predicted octanol–water partition coefficient (Wildman–Crippen LogP) is 6.91. The second-order valence-electron chi connectivity index (χ2n) is 8.23. The lowest BCUT2D eigenvalue weighted by atomic mass is 9.90. The molecule has 1 aliphatic heterocycles. The van der Waals surface area contributed by atoms with Gasteiger partial charge in [0.05, 0.1) is 5.56 Å². The topological polar surface area (TPSA) is 37.3 Å². The number of aryl methyl sites for hydroxylation is 1. The molecule has 1 N–H and O–H groups in total. The van der Waals surface area contributed by atoms with Gasteiger partial charge >= 0.3 is 5.97 Å². The summed E-state index contributed by atoms with van der Waals surface area (Å²) in [4.78, 5) is 12.7. The summed E-state index contributed by atoms with van der Waals surface area (Å²) in [6.45, 7) is 6.63. The number of thioether (sulfide) groups is 1. The second-order valence-corrected chi connectivity index (χ2v) is 9.93. The minimum atomic E-state index is -1.01. The molecule has 0 saturated carbocycles. The third-order valence-electron chi connectivity index (χ3n) is 5.55. The quantitative estimate of drug-likeness (QED) is 0.462. The van der Waals surface area contributed by atoms with E-state index in [1.165, 1.54) is 27.2 Å². The summed E-state index contributed by atoms with van der Waals surface area (Å²) in [5.41, 5.74) is 7.41. The first-order valence-corrected chi connectivity index (χ1v) is 11.1. The van der Waals surface area contributed by atoms with E-state index in [4.69, 9.17) is 6.42 Å². The smallest absolute Gasteiger partial charge is 0.336 e. The van der Waals surface area contributed by atoms with Gasteiger partial charge in [-0.25, -0.2) is 4.79 Å². The Hall–Kier alpha value is -3.22. The van der Waals surface area contributed by atoms with Crippen molar-refractivity contribution in [1.82, 2.24) is 0 Å². The van der Waals surface area contributed by atoms with Crippen LogP contribution in [0.15, 0.2) is 71.6 Å². The molecule has 3 aromatic rings. The van der Waals surface area contributed by atoms with Gasteiger partial charge in [0.15, 0.2) is 0 Å². The fourth-order valence-corrected chi connectivity index (χ4v) is 5.09. The SMILES string of the molecule is C#Cc1cc(-c2ccc3c(c2)C(c2ccc(CC)cc2)=CC(C)(C)S3)ccc1C(=O)O. The highest BCUT2D eigenvalue weighted by Gasteiger charge is 2.27. The van der Waals surface area contributed by atoms with Crippen LogP contribution in [-0.2, 0) is 6.42 Å². The summed E-state index contributed by atoms with van der Waals surface area (Å²) in [6, 6.07) is 20.4. The predicted molar refractivity (Wildman–Crippen MR) is 130 cm³/mol. The van der Waals surface area contributed by atoms with Crippen LogP contribution in [0.25, 0.3) is 16.7 Å². The highest BCUT2D eigenvalue weighted by molar-refractivity contribution is 8.01. The molecule has 1 heterocycles. The van der Waals surface area contributed by atoms with Crippen LogP contribution in [0.1, 0.15) is 53.4 Å². The molecule has 1 aliphatic rings. The van der Waals surface area contributed by atoms with Gasteiger partial charge in [-0.15, -0.1) is 18.2 Å². The van der Waals surface area contributed by atoms with E-state index in [1.54, 1.807) is 12.1 Å². The molecule has 154 valence electrons. The molecule has 0 radical (unpaired) electrons. The molecule has 0 spiro atoms. The Bertz CT molecular complexity index is 1240. The van der Waals surface area contributed by atoms with Gasteiger partial charge in [-0.1, -0.05) is 55.3 Å². The summed E-state index contributed by atoms with van der Waals surface area (Å²) in [7, 11) is 0. The average Bonchev–Trinajstić information content (AvgIpc) is 2.77. The number of rotatable bonds is 4. The zero-order valence-corrected chi connectivity index (χ0v) is 18.7. The molecule has 0 bridgehead atoms. The first kappa shape index (κ1) is 21.0. The Morgan fingerprint density at radius 3 is 2.29 bits per heavy atom. The lowest BCUT2D eigenvalue weighted by molar-refractivity contribution is 0.0696. The van der Waals surface area contributed by atoms with Crippen molar-refractivity contribution in [2.24, 2.45) is 0 Å². The van der Waals surface area contributed by atoms with Crippen molar-refractivity contribution in [3.05, 3.63) is 94.6 Å². The van der Waals surface area contributed by atoms with Crippen LogP contribution in [0.5, 0.6) is 0 Å². The largest absolute Gasteiger partial charge is 0.478 e. The highest BCUT2D eigenvalue weighted by atomic mass is 32.2. The monoisotopic (exact) mass is 424 g/mol. The molecule has 0 amide bonds. The van der Waals surface area contributed by atoms with Crippen molar-refractivity contribution in [3.8, 4) is 23.5 Å². The lowest BCUT2D eigenvalue weighted by Gasteiger charge is -2.30. The molecule has 3 heteroatoms. The molecule has 2 nitrogen and oxygen atoms in total. The fourth-order valence-electron chi connectivity index (χ4n) is 3.94. The first-order chi connectivity index (χ1) is 14.8. The normalized spacial score (nSPS) is 14.3. The number of carboxylic acid groups (broad SMARTS) is 1. The molecular formula is C28H24O2S. The van der Waals surface area contributed by atoms with Crippen LogP contribution in [0.3, 0.4) is 0 Å². The zero-order chi connectivity index (χ0) is 22.2. The molecule has 4 rings (SSSR count). The number of aromatic carboxylic acids is 1. The van der Waals surface area contributed by atoms with E-state index in [0.717, 1.165) is 17.5 Å². The van der Waals surface area contributed by atoms with Crippen molar-refractivity contribution < 1.29 is 9.90 Å². The van der Waals surface area contributed by atoms with E-state index in [0.29, 0.717) is 5.56 Å². The van der Waals surface area contributed by atoms with Crippen LogP contribution >= 0.6 is 11.8 Å². The van der Waals surface area contributed by atoms with Gasteiger partial charge in [0.1, 0.15) is 0 Å². The van der Waals surface area contributed by atoms with E-state index >= 15 is 0 Å². The Labute approximate surface area is 188 Å². The van der Waals surface area contributed by atoms with Crippen molar-refractivity contribution in [2.45, 2.75) is 36.8 Å². The number of fused-ring (bicyclic) bond motifs is 1. The Kier molecular flexibility index (Phi) is 5.52. The number of hydrogen-bond donors (Lipinski definition) is 1. The lowest BCUT2D eigenvalue weighted by Crippen LogP contribution is -2.16. The zero-order valence-electron chi connectivity index (χ0n) is 17.9. The van der Waals surface area contributed by atoms with E-state index in [9.17, 15) is 9.90 Å². The molecular weight excluding hydrogens is 400 g/mol.